The summed E-state index contributed by atoms with van der Waals surface area (Å²) in [5.74, 6) is -1.57. The number of nitro groups is 1. The topological polar surface area (TPSA) is 92.5 Å². The summed E-state index contributed by atoms with van der Waals surface area (Å²) in [6, 6.07) is 4.47. The molecule has 0 amide bonds. The molecule has 0 aliphatic heterocycles. The molecule has 0 bridgehead atoms. The summed E-state index contributed by atoms with van der Waals surface area (Å²) in [7, 11) is 0. The fourth-order valence-corrected chi connectivity index (χ4v) is 1.52. The number of nitrogens with one attached hydrogen (secondary N) is 1. The van der Waals surface area contributed by atoms with E-state index in [0.717, 1.165) is 0 Å². The number of benzene rings is 1. The third-order valence-corrected chi connectivity index (χ3v) is 2.67. The third-order valence-electron chi connectivity index (χ3n) is 2.18. The predicted molar refractivity (Wildman–Crippen MR) is 66.1 cm³/mol. The van der Waals surface area contributed by atoms with Crippen molar-refractivity contribution in [1.82, 2.24) is 0 Å². The molecular formula is C10H11BrN2O4. The molecule has 0 saturated heterocycles. The fraction of sp³-hybridized carbons (Fsp3) is 0.300. The lowest BCUT2D eigenvalue weighted by Gasteiger charge is -2.10. The van der Waals surface area contributed by atoms with E-state index in [9.17, 15) is 14.9 Å². The van der Waals surface area contributed by atoms with Gasteiger partial charge in [-0.1, -0.05) is 22.9 Å². The summed E-state index contributed by atoms with van der Waals surface area (Å²) < 4.78 is 0.688. The first kappa shape index (κ1) is 13.4. The van der Waals surface area contributed by atoms with Crippen molar-refractivity contribution >= 4 is 33.3 Å². The molecule has 0 radical (unpaired) electrons. The summed E-state index contributed by atoms with van der Waals surface area (Å²) >= 11 is 3.20. The van der Waals surface area contributed by atoms with Gasteiger partial charge in [-0.3, -0.25) is 14.9 Å². The van der Waals surface area contributed by atoms with Crippen LogP contribution in [0.5, 0.6) is 0 Å². The lowest BCUT2D eigenvalue weighted by molar-refractivity contribution is -0.384. The van der Waals surface area contributed by atoms with Crippen LogP contribution in [0.4, 0.5) is 11.4 Å². The van der Waals surface area contributed by atoms with Gasteiger partial charge >= 0.3 is 5.97 Å². The first-order valence-electron chi connectivity index (χ1n) is 4.82. The second kappa shape index (κ2) is 5.62. The van der Waals surface area contributed by atoms with Gasteiger partial charge in [0.2, 0.25) is 0 Å². The fourth-order valence-electron chi connectivity index (χ4n) is 1.16. The van der Waals surface area contributed by atoms with Crippen LogP contribution in [0.25, 0.3) is 0 Å². The summed E-state index contributed by atoms with van der Waals surface area (Å²) in [4.78, 5) is 20.9. The lowest BCUT2D eigenvalue weighted by Crippen LogP contribution is -2.20. The molecule has 0 aromatic heterocycles. The number of nitrogens with zero attached hydrogens (tertiary/aromatic N) is 1. The monoisotopic (exact) mass is 302 g/mol. The number of nitro benzene ring substituents is 1. The highest BCUT2D eigenvalue weighted by atomic mass is 79.9. The van der Waals surface area contributed by atoms with E-state index in [-0.39, 0.29) is 12.2 Å². The van der Waals surface area contributed by atoms with Gasteiger partial charge < -0.3 is 10.4 Å². The Kier molecular flexibility index (Phi) is 4.45. The Labute approximate surface area is 106 Å². The molecule has 0 aliphatic rings. The van der Waals surface area contributed by atoms with Gasteiger partial charge in [-0.25, -0.2) is 0 Å². The second-order valence-corrected chi connectivity index (χ2v) is 4.45. The van der Waals surface area contributed by atoms with Crippen molar-refractivity contribution in [1.29, 1.82) is 0 Å². The Morgan fingerprint density at radius 1 is 1.65 bits per heavy atom. The minimum atomic E-state index is -0.949. The van der Waals surface area contributed by atoms with Crippen LogP contribution in [0, 0.1) is 16.0 Å². The van der Waals surface area contributed by atoms with Crippen LogP contribution < -0.4 is 5.32 Å². The van der Waals surface area contributed by atoms with Gasteiger partial charge in [0.05, 0.1) is 10.8 Å². The Bertz CT molecular complexity index is 450. The molecule has 1 atom stereocenters. The van der Waals surface area contributed by atoms with E-state index in [0.29, 0.717) is 10.2 Å². The van der Waals surface area contributed by atoms with E-state index >= 15 is 0 Å². The smallest absolute Gasteiger partial charge is 0.308 e. The van der Waals surface area contributed by atoms with Gasteiger partial charge in [-0.05, 0) is 12.1 Å². The number of anilines is 1. The number of carboxylic acid groups (broad SMARTS) is 1. The van der Waals surface area contributed by atoms with E-state index in [1.165, 1.54) is 13.0 Å². The van der Waals surface area contributed by atoms with Crippen molar-refractivity contribution in [3.63, 3.8) is 0 Å². The number of carboxylic acids is 1. The molecule has 0 fully saturated rings. The molecule has 1 unspecified atom stereocenters. The number of rotatable bonds is 5. The minimum Gasteiger partial charge on any atom is -0.481 e. The maximum absolute atomic E-state index is 10.7. The van der Waals surface area contributed by atoms with Gasteiger partial charge in [0, 0.05) is 17.1 Å². The quantitative estimate of drug-likeness (QED) is 0.644. The van der Waals surface area contributed by atoms with E-state index in [4.69, 9.17) is 5.11 Å². The van der Waals surface area contributed by atoms with E-state index < -0.39 is 16.8 Å². The standard InChI is InChI=1S/C10H11BrN2O4/c1-6(10(14)15)5-12-8-4-7(11)2-3-9(8)13(16)17/h2-4,6,12H,5H2,1H3,(H,14,15). The first-order valence-corrected chi connectivity index (χ1v) is 5.61. The Morgan fingerprint density at radius 3 is 2.82 bits per heavy atom. The zero-order valence-corrected chi connectivity index (χ0v) is 10.6. The Balaban J connectivity index is 2.85. The maximum atomic E-state index is 10.7. The molecule has 1 aromatic carbocycles. The molecule has 92 valence electrons. The van der Waals surface area contributed by atoms with Crippen LogP contribution in [-0.2, 0) is 4.79 Å². The van der Waals surface area contributed by atoms with Crippen molar-refractivity contribution in [2.75, 3.05) is 11.9 Å². The number of halogens is 1. The van der Waals surface area contributed by atoms with Crippen molar-refractivity contribution < 1.29 is 14.8 Å². The highest BCUT2D eigenvalue weighted by Gasteiger charge is 2.16. The highest BCUT2D eigenvalue weighted by Crippen LogP contribution is 2.27. The van der Waals surface area contributed by atoms with E-state index in [1.807, 2.05) is 0 Å². The maximum Gasteiger partial charge on any atom is 0.308 e. The average Bonchev–Trinajstić information content (AvgIpc) is 2.25. The minimum absolute atomic E-state index is 0.0780. The third kappa shape index (κ3) is 3.70. The Hall–Kier alpha value is -1.63. The van der Waals surface area contributed by atoms with Crippen LogP contribution in [0.15, 0.2) is 22.7 Å². The molecule has 2 N–H and O–H groups in total. The van der Waals surface area contributed by atoms with Crippen LogP contribution in [-0.4, -0.2) is 22.5 Å². The van der Waals surface area contributed by atoms with Gasteiger partial charge in [0.15, 0.2) is 0 Å². The van der Waals surface area contributed by atoms with Gasteiger partial charge in [-0.15, -0.1) is 0 Å². The number of aliphatic carboxylic acids is 1. The zero-order chi connectivity index (χ0) is 13.0. The molecule has 0 saturated carbocycles. The molecule has 6 nitrogen and oxygen atoms in total. The summed E-state index contributed by atoms with van der Waals surface area (Å²) in [6.45, 7) is 1.66. The normalized spacial score (nSPS) is 11.9. The van der Waals surface area contributed by atoms with E-state index in [1.54, 1.807) is 12.1 Å². The van der Waals surface area contributed by atoms with Crippen LogP contribution in [0.3, 0.4) is 0 Å². The van der Waals surface area contributed by atoms with Gasteiger partial charge in [-0.2, -0.15) is 0 Å². The van der Waals surface area contributed by atoms with E-state index in [2.05, 4.69) is 21.2 Å². The van der Waals surface area contributed by atoms with Gasteiger partial charge in [0.1, 0.15) is 5.69 Å². The highest BCUT2D eigenvalue weighted by molar-refractivity contribution is 9.10. The largest absolute Gasteiger partial charge is 0.481 e. The van der Waals surface area contributed by atoms with Crippen molar-refractivity contribution in [2.45, 2.75) is 6.92 Å². The van der Waals surface area contributed by atoms with Crippen molar-refractivity contribution in [2.24, 2.45) is 5.92 Å². The average molecular weight is 303 g/mol. The van der Waals surface area contributed by atoms with Crippen LogP contribution in [0.1, 0.15) is 6.92 Å². The summed E-state index contributed by atoms with van der Waals surface area (Å²) in [5, 5.41) is 22.2. The lowest BCUT2D eigenvalue weighted by atomic mass is 10.2. The molecule has 0 heterocycles. The molecule has 0 aliphatic carbocycles. The molecule has 1 aromatic rings. The van der Waals surface area contributed by atoms with Crippen LogP contribution in [0.2, 0.25) is 0 Å². The van der Waals surface area contributed by atoms with Crippen molar-refractivity contribution in [3.8, 4) is 0 Å². The molecule has 17 heavy (non-hydrogen) atoms. The van der Waals surface area contributed by atoms with Gasteiger partial charge in [0.25, 0.3) is 5.69 Å². The zero-order valence-electron chi connectivity index (χ0n) is 9.01. The molecular weight excluding hydrogens is 292 g/mol. The Morgan fingerprint density at radius 2 is 2.29 bits per heavy atom. The number of hydrogen-bond donors (Lipinski definition) is 2. The number of hydrogen-bond acceptors (Lipinski definition) is 4. The van der Waals surface area contributed by atoms with Crippen LogP contribution >= 0.6 is 15.9 Å². The molecule has 7 heteroatoms. The first-order chi connectivity index (χ1) is 7.91. The summed E-state index contributed by atoms with van der Waals surface area (Å²) in [5.41, 5.74) is 0.225. The molecule has 0 spiro atoms. The molecule has 1 rings (SSSR count). The van der Waals surface area contributed by atoms with Crippen molar-refractivity contribution in [3.05, 3.63) is 32.8 Å². The predicted octanol–water partition coefficient (Wildman–Crippen LogP) is 2.49. The SMILES string of the molecule is CC(CNc1cc(Br)ccc1[N+](=O)[O-])C(=O)O. The summed E-state index contributed by atoms with van der Waals surface area (Å²) in [6.07, 6.45) is 0. The number of carbonyl (C=O) groups is 1. The second-order valence-electron chi connectivity index (χ2n) is 3.54.